The maximum absolute atomic E-state index is 12.8. The molecule has 1 aliphatic rings. The topological polar surface area (TPSA) is 29.1 Å². The first kappa shape index (κ1) is 10.2. The molecule has 0 spiro atoms. The van der Waals surface area contributed by atoms with Crippen molar-refractivity contribution in [2.24, 2.45) is 0 Å². The van der Waals surface area contributed by atoms with E-state index in [1.165, 1.54) is 12.1 Å². The number of anilines is 1. The Labute approximate surface area is 91.7 Å². The van der Waals surface area contributed by atoms with Crippen LogP contribution in [0.4, 0.5) is 10.1 Å². The van der Waals surface area contributed by atoms with Crippen LogP contribution in [0.3, 0.4) is 0 Å². The Hall–Kier alpha value is -1.35. The maximum Gasteiger partial charge on any atom is 0.157 e. The average molecular weight is 226 g/mol. The van der Waals surface area contributed by atoms with E-state index in [0.717, 1.165) is 5.70 Å². The first-order chi connectivity index (χ1) is 7.15. The van der Waals surface area contributed by atoms with Crippen LogP contribution >= 0.6 is 11.6 Å². The first-order valence-corrected chi connectivity index (χ1v) is 4.98. The number of allylic oxidation sites excluding steroid dienone is 2. The summed E-state index contributed by atoms with van der Waals surface area (Å²) in [4.78, 5) is 11.0. The van der Waals surface area contributed by atoms with Gasteiger partial charge in [-0.25, -0.2) is 4.39 Å². The van der Waals surface area contributed by atoms with E-state index in [1.807, 2.05) is 0 Å². The van der Waals surface area contributed by atoms with Gasteiger partial charge in [-0.2, -0.15) is 0 Å². The molecule has 0 bridgehead atoms. The molecule has 0 saturated carbocycles. The molecule has 0 radical (unpaired) electrons. The van der Waals surface area contributed by atoms with Crippen molar-refractivity contribution in [3.05, 3.63) is 40.8 Å². The lowest BCUT2D eigenvalue weighted by atomic mass is 10.3. The van der Waals surface area contributed by atoms with Crippen LogP contribution < -0.4 is 5.32 Å². The summed E-state index contributed by atoms with van der Waals surface area (Å²) in [5.41, 5.74) is 1.55. The van der Waals surface area contributed by atoms with Crippen LogP contribution in [0.2, 0.25) is 5.02 Å². The zero-order valence-electron chi connectivity index (χ0n) is 7.89. The highest BCUT2D eigenvalue weighted by Gasteiger charge is 2.12. The molecular formula is C11H9ClFNO. The molecule has 0 aromatic heterocycles. The highest BCUT2D eigenvalue weighted by molar-refractivity contribution is 6.31. The van der Waals surface area contributed by atoms with Crippen LogP contribution in [-0.4, -0.2) is 5.78 Å². The van der Waals surface area contributed by atoms with E-state index >= 15 is 0 Å². The zero-order valence-corrected chi connectivity index (χ0v) is 8.64. The summed E-state index contributed by atoms with van der Waals surface area (Å²) in [6.07, 6.45) is 2.81. The van der Waals surface area contributed by atoms with Gasteiger partial charge in [-0.05, 0) is 24.6 Å². The quantitative estimate of drug-likeness (QED) is 0.838. The van der Waals surface area contributed by atoms with Crippen LogP contribution in [0.25, 0.3) is 0 Å². The van der Waals surface area contributed by atoms with Crippen molar-refractivity contribution in [2.45, 2.75) is 12.8 Å². The molecule has 0 saturated heterocycles. The third-order valence-corrected chi connectivity index (χ3v) is 2.49. The molecule has 0 fully saturated rings. The van der Waals surface area contributed by atoms with E-state index in [2.05, 4.69) is 5.32 Å². The van der Waals surface area contributed by atoms with Gasteiger partial charge in [0.15, 0.2) is 5.78 Å². The van der Waals surface area contributed by atoms with Crippen molar-refractivity contribution in [3.8, 4) is 0 Å². The Balaban J connectivity index is 2.14. The molecular weight excluding hydrogens is 217 g/mol. The SMILES string of the molecule is O=C1C=C(Nc2ccc(F)c(Cl)c2)CC1. The van der Waals surface area contributed by atoms with Crippen LogP contribution in [0, 0.1) is 5.82 Å². The molecule has 0 heterocycles. The molecule has 0 aliphatic heterocycles. The second-order valence-electron chi connectivity index (χ2n) is 3.39. The summed E-state index contributed by atoms with van der Waals surface area (Å²) in [7, 11) is 0. The number of ketones is 1. The Morgan fingerprint density at radius 2 is 2.13 bits per heavy atom. The predicted molar refractivity (Wildman–Crippen MR) is 57.4 cm³/mol. The Kier molecular flexibility index (Phi) is 2.73. The molecule has 0 unspecified atom stereocenters. The van der Waals surface area contributed by atoms with Gasteiger partial charge in [-0.1, -0.05) is 11.6 Å². The van der Waals surface area contributed by atoms with Gasteiger partial charge in [0.25, 0.3) is 0 Å². The van der Waals surface area contributed by atoms with E-state index in [1.54, 1.807) is 12.1 Å². The number of rotatable bonds is 2. The second kappa shape index (κ2) is 4.03. The minimum Gasteiger partial charge on any atom is -0.359 e. The third kappa shape index (κ3) is 2.36. The fourth-order valence-corrected chi connectivity index (χ4v) is 1.63. The van der Waals surface area contributed by atoms with Gasteiger partial charge in [0.1, 0.15) is 5.82 Å². The number of carbonyl (C=O) groups is 1. The standard InChI is InChI=1S/C11H9ClFNO/c12-10-6-8(2-4-11(10)13)14-7-1-3-9(15)5-7/h2,4-6,14H,1,3H2. The van der Waals surface area contributed by atoms with Crippen LogP contribution in [0.1, 0.15) is 12.8 Å². The van der Waals surface area contributed by atoms with Crippen LogP contribution in [-0.2, 0) is 4.79 Å². The van der Waals surface area contributed by atoms with E-state index in [9.17, 15) is 9.18 Å². The monoisotopic (exact) mass is 225 g/mol. The van der Waals surface area contributed by atoms with Crippen molar-refractivity contribution in [1.29, 1.82) is 0 Å². The summed E-state index contributed by atoms with van der Waals surface area (Å²) in [6.45, 7) is 0. The number of hydrogen-bond acceptors (Lipinski definition) is 2. The average Bonchev–Trinajstić information content (AvgIpc) is 2.58. The molecule has 1 N–H and O–H groups in total. The molecule has 78 valence electrons. The molecule has 2 rings (SSSR count). The molecule has 15 heavy (non-hydrogen) atoms. The second-order valence-corrected chi connectivity index (χ2v) is 3.80. The lowest BCUT2D eigenvalue weighted by molar-refractivity contribution is -0.114. The summed E-state index contributed by atoms with van der Waals surface area (Å²) in [5.74, 6) is -0.329. The summed E-state index contributed by atoms with van der Waals surface area (Å²) >= 11 is 5.63. The van der Waals surface area contributed by atoms with Gasteiger partial charge >= 0.3 is 0 Å². The zero-order chi connectivity index (χ0) is 10.8. The third-order valence-electron chi connectivity index (χ3n) is 2.20. The van der Waals surface area contributed by atoms with Crippen molar-refractivity contribution in [3.63, 3.8) is 0 Å². The fourth-order valence-electron chi connectivity index (χ4n) is 1.45. The summed E-state index contributed by atoms with van der Waals surface area (Å²) in [5, 5.41) is 3.10. The number of carbonyl (C=O) groups excluding carboxylic acids is 1. The molecule has 1 aromatic rings. The normalized spacial score (nSPS) is 15.3. The smallest absolute Gasteiger partial charge is 0.157 e. The lowest BCUT2D eigenvalue weighted by Crippen LogP contribution is -1.96. The summed E-state index contributed by atoms with van der Waals surface area (Å²) in [6, 6.07) is 4.38. The van der Waals surface area contributed by atoms with Gasteiger partial charge in [-0.15, -0.1) is 0 Å². The van der Waals surface area contributed by atoms with Crippen molar-refractivity contribution >= 4 is 23.1 Å². The minimum absolute atomic E-state index is 0.0740. The van der Waals surface area contributed by atoms with E-state index < -0.39 is 5.82 Å². The number of hydrogen-bond donors (Lipinski definition) is 1. The Morgan fingerprint density at radius 3 is 2.73 bits per heavy atom. The highest BCUT2D eigenvalue weighted by Crippen LogP contribution is 2.23. The summed E-state index contributed by atoms with van der Waals surface area (Å²) < 4.78 is 12.8. The van der Waals surface area contributed by atoms with E-state index in [4.69, 9.17) is 11.6 Å². The number of nitrogens with one attached hydrogen (secondary N) is 1. The van der Waals surface area contributed by atoms with E-state index in [0.29, 0.717) is 18.5 Å². The molecule has 1 aliphatic carbocycles. The largest absolute Gasteiger partial charge is 0.359 e. The Morgan fingerprint density at radius 1 is 1.33 bits per heavy atom. The van der Waals surface area contributed by atoms with E-state index in [-0.39, 0.29) is 10.8 Å². The highest BCUT2D eigenvalue weighted by atomic mass is 35.5. The van der Waals surface area contributed by atoms with Gasteiger partial charge < -0.3 is 5.32 Å². The predicted octanol–water partition coefficient (Wildman–Crippen LogP) is 3.14. The molecule has 0 atom stereocenters. The number of benzene rings is 1. The molecule has 4 heteroatoms. The van der Waals surface area contributed by atoms with Crippen molar-refractivity contribution in [2.75, 3.05) is 5.32 Å². The van der Waals surface area contributed by atoms with Crippen molar-refractivity contribution < 1.29 is 9.18 Å². The maximum atomic E-state index is 12.8. The van der Waals surface area contributed by atoms with Crippen molar-refractivity contribution in [1.82, 2.24) is 0 Å². The molecule has 2 nitrogen and oxygen atoms in total. The molecule has 1 aromatic carbocycles. The first-order valence-electron chi connectivity index (χ1n) is 4.60. The molecule has 0 amide bonds. The van der Waals surface area contributed by atoms with Gasteiger partial charge in [0.2, 0.25) is 0 Å². The number of halogens is 2. The fraction of sp³-hybridized carbons (Fsp3) is 0.182. The van der Waals surface area contributed by atoms with Gasteiger partial charge in [0.05, 0.1) is 5.02 Å². The van der Waals surface area contributed by atoms with Crippen LogP contribution in [0.5, 0.6) is 0 Å². The minimum atomic E-state index is -0.446. The Bertz CT molecular complexity index is 442. The van der Waals surface area contributed by atoms with Crippen LogP contribution in [0.15, 0.2) is 30.0 Å². The lowest BCUT2D eigenvalue weighted by Gasteiger charge is -2.06. The van der Waals surface area contributed by atoms with Gasteiger partial charge in [-0.3, -0.25) is 4.79 Å². The van der Waals surface area contributed by atoms with Gasteiger partial charge in [0, 0.05) is 23.9 Å².